The smallest absolute Gasteiger partial charge is 0.303 e. The van der Waals surface area contributed by atoms with Gasteiger partial charge in [-0.1, -0.05) is 58.4 Å². The normalized spacial score (nSPS) is 13.3. The number of carboxylic acids is 1. The van der Waals surface area contributed by atoms with Crippen LogP contribution in [-0.2, 0) is 10.2 Å². The maximum Gasteiger partial charge on any atom is 0.303 e. The molecule has 0 amide bonds. The summed E-state index contributed by atoms with van der Waals surface area (Å²) in [6.07, 6.45) is 2.17. The summed E-state index contributed by atoms with van der Waals surface area (Å²) in [6, 6.07) is 8.42. The summed E-state index contributed by atoms with van der Waals surface area (Å²) in [4.78, 5) is 10.9. The van der Waals surface area contributed by atoms with Crippen molar-refractivity contribution in [1.29, 1.82) is 0 Å². The predicted molar refractivity (Wildman–Crippen MR) is 75.0 cm³/mol. The summed E-state index contributed by atoms with van der Waals surface area (Å²) in [7, 11) is 0. The van der Waals surface area contributed by atoms with E-state index in [1.165, 1.54) is 5.56 Å². The lowest BCUT2D eigenvalue weighted by atomic mass is 9.84. The van der Waals surface area contributed by atoms with Crippen molar-refractivity contribution in [2.24, 2.45) is 0 Å². The van der Waals surface area contributed by atoms with E-state index in [0.29, 0.717) is 0 Å². The average Bonchev–Trinajstić information content (AvgIpc) is 2.27. The molecule has 0 spiro atoms. The maximum atomic E-state index is 10.9. The molecule has 0 aliphatic carbocycles. The highest BCUT2D eigenvalue weighted by atomic mass is 16.4. The Morgan fingerprint density at radius 3 is 2.17 bits per heavy atom. The monoisotopic (exact) mass is 248 g/mol. The summed E-state index contributed by atoms with van der Waals surface area (Å²) in [6.45, 7) is 8.65. The van der Waals surface area contributed by atoms with E-state index < -0.39 is 5.97 Å². The van der Waals surface area contributed by atoms with Crippen LogP contribution in [0.5, 0.6) is 0 Å². The molecule has 0 aromatic heterocycles. The lowest BCUT2D eigenvalue weighted by Gasteiger charge is -2.21. The lowest BCUT2D eigenvalue weighted by molar-refractivity contribution is -0.137. The zero-order valence-electron chi connectivity index (χ0n) is 11.9. The highest BCUT2D eigenvalue weighted by molar-refractivity contribution is 5.68. The van der Waals surface area contributed by atoms with E-state index >= 15 is 0 Å². The summed E-state index contributed by atoms with van der Waals surface area (Å²) in [5.74, 6) is -0.574. The van der Waals surface area contributed by atoms with Crippen molar-refractivity contribution in [1.82, 2.24) is 0 Å². The van der Waals surface area contributed by atoms with Crippen LogP contribution in [0.3, 0.4) is 0 Å². The van der Waals surface area contributed by atoms with Gasteiger partial charge in [-0.15, -0.1) is 0 Å². The van der Waals surface area contributed by atoms with Gasteiger partial charge in [0.2, 0.25) is 0 Å². The van der Waals surface area contributed by atoms with Crippen LogP contribution in [0.25, 0.3) is 0 Å². The van der Waals surface area contributed by atoms with E-state index in [1.807, 2.05) is 0 Å². The fraction of sp³-hybridized carbons (Fsp3) is 0.562. The van der Waals surface area contributed by atoms with Crippen LogP contribution in [-0.4, -0.2) is 11.1 Å². The van der Waals surface area contributed by atoms with E-state index in [1.54, 1.807) is 0 Å². The van der Waals surface area contributed by atoms with Gasteiger partial charge in [0.25, 0.3) is 0 Å². The first-order valence-corrected chi connectivity index (χ1v) is 6.66. The number of benzene rings is 1. The van der Waals surface area contributed by atoms with Gasteiger partial charge in [-0.05, 0) is 28.9 Å². The number of rotatable bonds is 5. The molecule has 2 nitrogen and oxygen atoms in total. The molecule has 0 heterocycles. The van der Waals surface area contributed by atoms with Crippen LogP contribution in [0.4, 0.5) is 0 Å². The number of carbonyl (C=O) groups is 1. The molecular formula is C16H24O2. The third-order valence-corrected chi connectivity index (χ3v) is 3.31. The summed E-state index contributed by atoms with van der Waals surface area (Å²) >= 11 is 0. The molecule has 0 saturated heterocycles. The van der Waals surface area contributed by atoms with Gasteiger partial charge >= 0.3 is 5.97 Å². The minimum Gasteiger partial charge on any atom is -0.481 e. The highest BCUT2D eigenvalue weighted by Gasteiger charge is 2.17. The van der Waals surface area contributed by atoms with Gasteiger partial charge in [-0.2, -0.15) is 0 Å². The van der Waals surface area contributed by atoms with Crippen LogP contribution in [0.15, 0.2) is 24.3 Å². The van der Waals surface area contributed by atoms with Crippen molar-refractivity contribution in [3.05, 3.63) is 35.4 Å². The van der Waals surface area contributed by atoms with Gasteiger partial charge in [0.05, 0.1) is 6.42 Å². The number of hydrogen-bond donors (Lipinski definition) is 1. The number of aliphatic carboxylic acids is 1. The molecule has 0 aliphatic heterocycles. The first-order valence-electron chi connectivity index (χ1n) is 6.66. The minimum absolute atomic E-state index is 0.140. The summed E-state index contributed by atoms with van der Waals surface area (Å²) < 4.78 is 0. The Bertz CT molecular complexity index is 385. The van der Waals surface area contributed by atoms with Gasteiger partial charge < -0.3 is 5.11 Å². The molecule has 1 aromatic rings. The van der Waals surface area contributed by atoms with Gasteiger partial charge in [0.15, 0.2) is 0 Å². The molecule has 1 atom stereocenters. The standard InChI is InChI=1S/C16H24O2/c1-5-6-13(11-15(17)18)12-7-9-14(10-8-12)16(2,3)4/h7-10,13H,5-6,11H2,1-4H3,(H,17,18). The van der Waals surface area contributed by atoms with Crippen LogP contribution >= 0.6 is 0 Å². The molecule has 0 aliphatic rings. The van der Waals surface area contributed by atoms with Gasteiger partial charge in [-0.25, -0.2) is 0 Å². The van der Waals surface area contributed by atoms with Crippen molar-refractivity contribution in [3.63, 3.8) is 0 Å². The maximum absolute atomic E-state index is 10.9. The molecule has 1 aromatic carbocycles. The number of hydrogen-bond acceptors (Lipinski definition) is 1. The predicted octanol–water partition coefficient (Wildman–Crippen LogP) is 4.34. The van der Waals surface area contributed by atoms with E-state index in [-0.39, 0.29) is 17.8 Å². The van der Waals surface area contributed by atoms with Crippen molar-refractivity contribution in [2.75, 3.05) is 0 Å². The average molecular weight is 248 g/mol. The minimum atomic E-state index is -0.714. The van der Waals surface area contributed by atoms with Crippen molar-refractivity contribution >= 4 is 5.97 Å². The number of carboxylic acid groups (broad SMARTS) is 1. The Kier molecular flexibility index (Phi) is 4.94. The second-order valence-electron chi connectivity index (χ2n) is 5.96. The van der Waals surface area contributed by atoms with Crippen LogP contribution in [0.2, 0.25) is 0 Å². The third-order valence-electron chi connectivity index (χ3n) is 3.31. The van der Waals surface area contributed by atoms with Gasteiger partial charge in [0, 0.05) is 0 Å². The molecule has 0 bridgehead atoms. The second-order valence-corrected chi connectivity index (χ2v) is 5.96. The molecule has 2 heteroatoms. The van der Waals surface area contributed by atoms with Crippen LogP contribution in [0.1, 0.15) is 64.0 Å². The molecule has 100 valence electrons. The van der Waals surface area contributed by atoms with Crippen molar-refractivity contribution in [2.45, 2.75) is 58.3 Å². The Morgan fingerprint density at radius 2 is 1.78 bits per heavy atom. The first kappa shape index (κ1) is 14.7. The highest BCUT2D eigenvalue weighted by Crippen LogP contribution is 2.28. The van der Waals surface area contributed by atoms with Crippen molar-refractivity contribution < 1.29 is 9.90 Å². The second kappa shape index (κ2) is 6.03. The third kappa shape index (κ3) is 4.17. The fourth-order valence-corrected chi connectivity index (χ4v) is 2.20. The molecule has 18 heavy (non-hydrogen) atoms. The lowest BCUT2D eigenvalue weighted by Crippen LogP contribution is -2.11. The molecule has 0 saturated carbocycles. The molecule has 0 radical (unpaired) electrons. The quantitative estimate of drug-likeness (QED) is 0.841. The molecule has 1 unspecified atom stereocenters. The zero-order chi connectivity index (χ0) is 13.8. The van der Waals surface area contributed by atoms with Gasteiger partial charge in [0.1, 0.15) is 0 Å². The van der Waals surface area contributed by atoms with E-state index in [4.69, 9.17) is 5.11 Å². The summed E-state index contributed by atoms with van der Waals surface area (Å²) in [5, 5.41) is 8.96. The van der Waals surface area contributed by atoms with Crippen LogP contribution < -0.4 is 0 Å². The zero-order valence-corrected chi connectivity index (χ0v) is 11.9. The van der Waals surface area contributed by atoms with Crippen molar-refractivity contribution in [3.8, 4) is 0 Å². The fourth-order valence-electron chi connectivity index (χ4n) is 2.20. The molecular weight excluding hydrogens is 224 g/mol. The Hall–Kier alpha value is -1.31. The largest absolute Gasteiger partial charge is 0.481 e. The topological polar surface area (TPSA) is 37.3 Å². The first-order chi connectivity index (χ1) is 8.34. The van der Waals surface area contributed by atoms with Gasteiger partial charge in [-0.3, -0.25) is 4.79 Å². The Morgan fingerprint density at radius 1 is 1.22 bits per heavy atom. The molecule has 1 N–H and O–H groups in total. The molecule has 0 fully saturated rings. The summed E-state index contributed by atoms with van der Waals surface area (Å²) in [5.41, 5.74) is 2.58. The SMILES string of the molecule is CCCC(CC(=O)O)c1ccc(C(C)(C)C)cc1. The molecule has 1 rings (SSSR count). The Labute approximate surface area is 110 Å². The van der Waals surface area contributed by atoms with E-state index in [2.05, 4.69) is 52.0 Å². The van der Waals surface area contributed by atoms with Crippen LogP contribution in [0, 0.1) is 0 Å². The Balaban J connectivity index is 2.90. The van der Waals surface area contributed by atoms with E-state index in [0.717, 1.165) is 18.4 Å². The van der Waals surface area contributed by atoms with E-state index in [9.17, 15) is 4.79 Å².